The lowest BCUT2D eigenvalue weighted by Gasteiger charge is -1.97. The number of nitro groups is 1. The summed E-state index contributed by atoms with van der Waals surface area (Å²) in [6.07, 6.45) is 0. The van der Waals surface area contributed by atoms with E-state index in [1.165, 1.54) is 29.5 Å². The minimum Gasteiger partial charge on any atom is -0.426 e. The van der Waals surface area contributed by atoms with E-state index in [4.69, 9.17) is 0 Å². The standard InChI is InChI=1S/C12H9N3O3S/c1-7-2-5-11(19-7)12-13-9-4-3-8(15(17)18)6-10(9)14(12)16/h2-6,16H,1H3. The molecule has 3 aromatic rings. The third-order valence-electron chi connectivity index (χ3n) is 2.79. The average molecular weight is 275 g/mol. The van der Waals surface area contributed by atoms with Gasteiger partial charge >= 0.3 is 0 Å². The molecule has 0 fully saturated rings. The molecule has 7 heteroatoms. The van der Waals surface area contributed by atoms with Crippen molar-refractivity contribution in [2.24, 2.45) is 0 Å². The van der Waals surface area contributed by atoms with Crippen molar-refractivity contribution in [2.75, 3.05) is 0 Å². The Morgan fingerprint density at radius 3 is 2.79 bits per heavy atom. The minimum atomic E-state index is -0.499. The zero-order valence-corrected chi connectivity index (χ0v) is 10.7. The second-order valence-corrected chi connectivity index (χ2v) is 5.38. The number of thiophene rings is 1. The number of fused-ring (bicyclic) bond motifs is 1. The van der Waals surface area contributed by atoms with Gasteiger partial charge in [-0.3, -0.25) is 10.1 Å². The predicted molar refractivity (Wildman–Crippen MR) is 71.6 cm³/mol. The van der Waals surface area contributed by atoms with Crippen molar-refractivity contribution < 1.29 is 10.1 Å². The molecular weight excluding hydrogens is 266 g/mol. The number of aryl methyl sites for hydroxylation is 1. The Morgan fingerprint density at radius 1 is 1.37 bits per heavy atom. The number of nitrogens with zero attached hydrogens (tertiary/aromatic N) is 3. The fraction of sp³-hybridized carbons (Fsp3) is 0.0833. The summed E-state index contributed by atoms with van der Waals surface area (Å²) in [6.45, 7) is 1.96. The third-order valence-corrected chi connectivity index (χ3v) is 3.78. The van der Waals surface area contributed by atoms with E-state index in [0.29, 0.717) is 16.9 Å². The molecule has 2 heterocycles. The highest BCUT2D eigenvalue weighted by Crippen LogP contribution is 2.30. The van der Waals surface area contributed by atoms with Crippen LogP contribution >= 0.6 is 11.3 Å². The molecule has 96 valence electrons. The van der Waals surface area contributed by atoms with Crippen LogP contribution in [0.3, 0.4) is 0 Å². The summed E-state index contributed by atoms with van der Waals surface area (Å²) >= 11 is 1.50. The maximum Gasteiger partial charge on any atom is 0.271 e. The van der Waals surface area contributed by atoms with Gasteiger partial charge in [0.2, 0.25) is 0 Å². The van der Waals surface area contributed by atoms with Gasteiger partial charge in [-0.1, -0.05) is 0 Å². The number of non-ortho nitro benzene ring substituents is 1. The van der Waals surface area contributed by atoms with Crippen molar-refractivity contribution in [3.8, 4) is 10.7 Å². The van der Waals surface area contributed by atoms with Crippen LogP contribution < -0.4 is 0 Å². The molecule has 0 radical (unpaired) electrons. The van der Waals surface area contributed by atoms with Crippen LogP contribution in [-0.4, -0.2) is 19.8 Å². The average Bonchev–Trinajstić information content (AvgIpc) is 2.93. The van der Waals surface area contributed by atoms with Gasteiger partial charge in [-0.15, -0.1) is 11.3 Å². The van der Waals surface area contributed by atoms with E-state index in [1.807, 2.05) is 19.1 Å². The number of hydrogen-bond donors (Lipinski definition) is 1. The molecule has 0 saturated carbocycles. The molecule has 19 heavy (non-hydrogen) atoms. The van der Waals surface area contributed by atoms with Gasteiger partial charge in [0.25, 0.3) is 5.69 Å². The van der Waals surface area contributed by atoms with Crippen LogP contribution in [0.1, 0.15) is 4.88 Å². The molecule has 2 aromatic heterocycles. The molecule has 1 N–H and O–H groups in total. The second-order valence-electron chi connectivity index (χ2n) is 4.09. The summed E-state index contributed by atoms with van der Waals surface area (Å²) in [5.41, 5.74) is 0.779. The third kappa shape index (κ3) is 1.84. The highest BCUT2D eigenvalue weighted by molar-refractivity contribution is 7.15. The van der Waals surface area contributed by atoms with Crippen LogP contribution in [0, 0.1) is 17.0 Å². The molecule has 0 amide bonds. The molecule has 6 nitrogen and oxygen atoms in total. The molecule has 0 bridgehead atoms. The summed E-state index contributed by atoms with van der Waals surface area (Å²) in [7, 11) is 0. The Labute approximate surface area is 111 Å². The zero-order chi connectivity index (χ0) is 13.6. The summed E-state index contributed by atoms with van der Waals surface area (Å²) in [5.74, 6) is 0.397. The quantitative estimate of drug-likeness (QED) is 0.442. The zero-order valence-electron chi connectivity index (χ0n) is 9.90. The first kappa shape index (κ1) is 11.7. The fourth-order valence-electron chi connectivity index (χ4n) is 1.88. The lowest BCUT2D eigenvalue weighted by Crippen LogP contribution is -1.93. The van der Waals surface area contributed by atoms with Gasteiger partial charge in [0.15, 0.2) is 5.82 Å². The van der Waals surface area contributed by atoms with E-state index >= 15 is 0 Å². The Kier molecular flexibility index (Phi) is 2.49. The monoisotopic (exact) mass is 275 g/mol. The molecule has 0 aliphatic heterocycles. The van der Waals surface area contributed by atoms with E-state index in [2.05, 4.69) is 4.98 Å². The maximum atomic E-state index is 10.7. The van der Waals surface area contributed by atoms with E-state index < -0.39 is 4.92 Å². The van der Waals surface area contributed by atoms with Crippen molar-refractivity contribution in [3.05, 3.63) is 45.3 Å². The highest BCUT2D eigenvalue weighted by atomic mass is 32.1. The number of aromatic nitrogens is 2. The molecule has 0 saturated heterocycles. The number of hydrogen-bond acceptors (Lipinski definition) is 5. The first-order valence-corrected chi connectivity index (χ1v) is 6.31. The van der Waals surface area contributed by atoms with Crippen LogP contribution in [0.5, 0.6) is 0 Å². The van der Waals surface area contributed by atoms with Gasteiger partial charge < -0.3 is 5.21 Å². The van der Waals surface area contributed by atoms with E-state index in [1.54, 1.807) is 0 Å². The summed E-state index contributed by atoms with van der Waals surface area (Å²) in [6, 6.07) is 8.01. The number of nitro benzene ring substituents is 1. The molecule has 0 unspecified atom stereocenters. The normalized spacial score (nSPS) is 11.0. The summed E-state index contributed by atoms with van der Waals surface area (Å²) < 4.78 is 0.896. The molecule has 0 aliphatic carbocycles. The molecule has 0 atom stereocenters. The smallest absolute Gasteiger partial charge is 0.271 e. The fourth-order valence-corrected chi connectivity index (χ4v) is 2.72. The van der Waals surface area contributed by atoms with Crippen molar-refractivity contribution in [1.29, 1.82) is 0 Å². The largest absolute Gasteiger partial charge is 0.426 e. The molecule has 1 aromatic carbocycles. The summed E-state index contributed by atoms with van der Waals surface area (Å²) in [5, 5.41) is 20.8. The van der Waals surface area contributed by atoms with Gasteiger partial charge in [0.1, 0.15) is 5.52 Å². The van der Waals surface area contributed by atoms with Crippen LogP contribution in [0.4, 0.5) is 5.69 Å². The van der Waals surface area contributed by atoms with Gasteiger partial charge in [-0.2, -0.15) is 4.73 Å². The Bertz CT molecular complexity index is 791. The lowest BCUT2D eigenvalue weighted by atomic mass is 10.3. The molecule has 0 aliphatic rings. The minimum absolute atomic E-state index is 0.0726. The highest BCUT2D eigenvalue weighted by Gasteiger charge is 2.16. The van der Waals surface area contributed by atoms with Gasteiger partial charge in [-0.25, -0.2) is 4.98 Å². The van der Waals surface area contributed by atoms with Crippen molar-refractivity contribution >= 4 is 28.1 Å². The summed E-state index contributed by atoms with van der Waals surface area (Å²) in [4.78, 5) is 16.5. The van der Waals surface area contributed by atoms with Crippen molar-refractivity contribution in [3.63, 3.8) is 0 Å². The van der Waals surface area contributed by atoms with Crippen LogP contribution in [-0.2, 0) is 0 Å². The Hall–Kier alpha value is -2.41. The SMILES string of the molecule is Cc1ccc(-c2nc3ccc([N+](=O)[O-])cc3n2O)s1. The predicted octanol–water partition coefficient (Wildman–Crippen LogP) is 3.22. The van der Waals surface area contributed by atoms with Gasteiger partial charge in [-0.05, 0) is 25.1 Å². The Balaban J connectivity index is 2.23. The van der Waals surface area contributed by atoms with Gasteiger partial charge in [0, 0.05) is 17.0 Å². The van der Waals surface area contributed by atoms with Gasteiger partial charge in [0.05, 0.1) is 15.3 Å². The van der Waals surface area contributed by atoms with E-state index in [9.17, 15) is 15.3 Å². The second kappa shape index (κ2) is 4.06. The number of benzene rings is 1. The van der Waals surface area contributed by atoms with E-state index in [0.717, 1.165) is 14.5 Å². The maximum absolute atomic E-state index is 10.7. The molecule has 0 spiro atoms. The van der Waals surface area contributed by atoms with Crippen molar-refractivity contribution in [1.82, 2.24) is 9.71 Å². The number of imidazole rings is 1. The first-order chi connectivity index (χ1) is 9.06. The molecular formula is C12H9N3O3S. The topological polar surface area (TPSA) is 81.2 Å². The lowest BCUT2D eigenvalue weighted by molar-refractivity contribution is -0.384. The Morgan fingerprint density at radius 2 is 2.16 bits per heavy atom. The van der Waals surface area contributed by atoms with E-state index in [-0.39, 0.29) is 5.69 Å². The van der Waals surface area contributed by atoms with Crippen molar-refractivity contribution in [2.45, 2.75) is 6.92 Å². The number of rotatable bonds is 2. The van der Waals surface area contributed by atoms with Crippen LogP contribution in [0.2, 0.25) is 0 Å². The first-order valence-electron chi connectivity index (χ1n) is 5.49. The molecule has 3 rings (SSSR count). The van der Waals surface area contributed by atoms with Crippen LogP contribution in [0.25, 0.3) is 21.7 Å². The van der Waals surface area contributed by atoms with Crippen LogP contribution in [0.15, 0.2) is 30.3 Å².